The number of rotatable bonds is 6. The van der Waals surface area contributed by atoms with Crippen molar-refractivity contribution in [2.24, 2.45) is 0 Å². The third-order valence-corrected chi connectivity index (χ3v) is 4.35. The Kier molecular flexibility index (Phi) is 7.34. The molecule has 1 aliphatic rings. The van der Waals surface area contributed by atoms with Gasteiger partial charge in [0, 0.05) is 24.9 Å². The number of carbonyl (C=O) groups is 4. The van der Waals surface area contributed by atoms with E-state index in [0.29, 0.717) is 10.6 Å². The van der Waals surface area contributed by atoms with Gasteiger partial charge in [-0.3, -0.25) is 14.4 Å². The van der Waals surface area contributed by atoms with Crippen molar-refractivity contribution in [2.45, 2.75) is 58.8 Å². The maximum Gasteiger partial charge on any atom is 0.534 e. The molecule has 3 rings (SSSR count). The van der Waals surface area contributed by atoms with Crippen LogP contribution in [-0.2, 0) is 30.4 Å². The fourth-order valence-corrected chi connectivity index (χ4v) is 2.73. The summed E-state index contributed by atoms with van der Waals surface area (Å²) in [6.07, 6.45) is -2.81. The van der Waals surface area contributed by atoms with Crippen LogP contribution in [0, 0.1) is 0 Å². The fourth-order valence-electron chi connectivity index (χ4n) is 2.73. The second-order valence-electron chi connectivity index (χ2n) is 8.32. The zero-order valence-electron chi connectivity index (χ0n) is 19.1. The second kappa shape index (κ2) is 10.2. The number of hydroxylamine groups is 2. The van der Waals surface area contributed by atoms with Gasteiger partial charge < -0.3 is 14.8 Å². The maximum absolute atomic E-state index is 11.8. The number of imide groups is 1. The summed E-state index contributed by atoms with van der Waals surface area (Å²) >= 11 is 0. The van der Waals surface area contributed by atoms with Crippen molar-refractivity contribution in [2.75, 3.05) is 0 Å². The molecule has 1 aliphatic heterocycles. The van der Waals surface area contributed by atoms with E-state index < -0.39 is 35.8 Å². The number of nitrogens with zero attached hydrogens (tertiary/aromatic N) is 5. The molecule has 0 bridgehead atoms. The number of amides is 3. The van der Waals surface area contributed by atoms with Gasteiger partial charge in [0.25, 0.3) is 11.8 Å². The first-order valence-electron chi connectivity index (χ1n) is 10.4. The Balaban J connectivity index is 1.53. The molecule has 1 N–H and O–H groups in total. The Bertz CT molecular complexity index is 1050. The number of nitrogens with one attached hydrogen (secondary N) is 1. The highest BCUT2D eigenvalue weighted by atomic mass is 16.8. The van der Waals surface area contributed by atoms with E-state index in [4.69, 9.17) is 9.47 Å². The van der Waals surface area contributed by atoms with Crippen molar-refractivity contribution < 1.29 is 33.5 Å². The molecule has 180 valence electrons. The average molecular weight is 472 g/mol. The fraction of sp³-hybridized carbons (Fsp3) is 0.429. The van der Waals surface area contributed by atoms with Gasteiger partial charge in [0.1, 0.15) is 5.60 Å². The van der Waals surface area contributed by atoms with Crippen LogP contribution in [0.15, 0.2) is 24.3 Å². The summed E-state index contributed by atoms with van der Waals surface area (Å²) in [5.74, 6) is -1.01. The zero-order chi connectivity index (χ0) is 24.9. The Morgan fingerprint density at radius 1 is 1.03 bits per heavy atom. The monoisotopic (exact) mass is 472 g/mol. The molecule has 0 radical (unpaired) electrons. The van der Waals surface area contributed by atoms with E-state index in [9.17, 15) is 19.2 Å². The summed E-state index contributed by atoms with van der Waals surface area (Å²) in [5, 5.41) is 18.8. The first-order chi connectivity index (χ1) is 16.0. The predicted octanol–water partition coefficient (Wildman–Crippen LogP) is 2.24. The predicted molar refractivity (Wildman–Crippen MR) is 113 cm³/mol. The van der Waals surface area contributed by atoms with Gasteiger partial charge in [-0.05, 0) is 33.3 Å². The second-order valence-corrected chi connectivity index (χ2v) is 8.32. The Hall–Kier alpha value is -4.16. The number of hydrogen-bond donors (Lipinski definition) is 1. The normalized spacial score (nSPS) is 14.5. The highest BCUT2D eigenvalue weighted by molar-refractivity contribution is 6.01. The van der Waals surface area contributed by atoms with Crippen molar-refractivity contribution >= 4 is 24.1 Å². The third kappa shape index (κ3) is 6.67. The minimum absolute atomic E-state index is 0.00189. The summed E-state index contributed by atoms with van der Waals surface area (Å²) in [6.45, 7) is 7.09. The summed E-state index contributed by atoms with van der Waals surface area (Å²) in [4.78, 5) is 51.2. The molecule has 1 unspecified atom stereocenters. The van der Waals surface area contributed by atoms with Crippen LogP contribution in [0.25, 0.3) is 11.4 Å². The van der Waals surface area contributed by atoms with Crippen molar-refractivity contribution in [3.8, 4) is 11.4 Å². The molecular formula is C21H24N6O7. The zero-order valence-corrected chi connectivity index (χ0v) is 19.1. The van der Waals surface area contributed by atoms with Crippen LogP contribution >= 0.6 is 0 Å². The molecule has 0 spiro atoms. The lowest BCUT2D eigenvalue weighted by atomic mass is 10.1. The van der Waals surface area contributed by atoms with E-state index in [0.717, 1.165) is 5.56 Å². The number of aromatic nitrogens is 4. The molecule has 13 nitrogen and oxygen atoms in total. The van der Waals surface area contributed by atoms with E-state index >= 15 is 0 Å². The van der Waals surface area contributed by atoms with Gasteiger partial charge in [-0.15, -0.1) is 20.4 Å². The lowest BCUT2D eigenvalue weighted by molar-refractivity contribution is -0.178. The first-order valence-corrected chi connectivity index (χ1v) is 10.4. The first kappa shape index (κ1) is 24.5. The quantitative estimate of drug-likeness (QED) is 0.484. The summed E-state index contributed by atoms with van der Waals surface area (Å²) in [5.41, 5.74) is 0.890. The van der Waals surface area contributed by atoms with Crippen LogP contribution in [0.2, 0.25) is 0 Å². The number of ether oxygens (including phenoxy) is 2. The van der Waals surface area contributed by atoms with Gasteiger partial charge in [-0.25, -0.2) is 9.59 Å². The van der Waals surface area contributed by atoms with E-state index in [-0.39, 0.29) is 31.0 Å². The van der Waals surface area contributed by atoms with E-state index in [1.165, 1.54) is 6.92 Å². The van der Waals surface area contributed by atoms with Gasteiger partial charge in [0.2, 0.25) is 11.6 Å². The minimum atomic E-state index is -1.25. The lowest BCUT2D eigenvalue weighted by Gasteiger charge is -2.19. The van der Waals surface area contributed by atoms with Crippen LogP contribution in [0.3, 0.4) is 0 Å². The molecule has 3 amide bonds. The smallest absolute Gasteiger partial charge is 0.444 e. The van der Waals surface area contributed by atoms with Crippen molar-refractivity contribution in [3.05, 3.63) is 35.7 Å². The molecule has 1 aromatic heterocycles. The molecule has 2 aromatic rings. The summed E-state index contributed by atoms with van der Waals surface area (Å²) < 4.78 is 10.2. The highest BCUT2D eigenvalue weighted by Crippen LogP contribution is 2.18. The van der Waals surface area contributed by atoms with Crippen molar-refractivity contribution in [3.63, 3.8) is 0 Å². The maximum atomic E-state index is 11.8. The molecule has 2 heterocycles. The molecule has 1 fully saturated rings. The van der Waals surface area contributed by atoms with Crippen LogP contribution in [0.1, 0.15) is 58.0 Å². The Morgan fingerprint density at radius 3 is 2.18 bits per heavy atom. The van der Waals surface area contributed by atoms with Crippen LogP contribution in [0.4, 0.5) is 9.59 Å². The van der Waals surface area contributed by atoms with Gasteiger partial charge in [0.05, 0.1) is 0 Å². The Morgan fingerprint density at radius 2 is 1.62 bits per heavy atom. The average Bonchev–Trinajstić information content (AvgIpc) is 3.09. The summed E-state index contributed by atoms with van der Waals surface area (Å²) in [7, 11) is 0. The molecule has 0 aliphatic carbocycles. The molecule has 13 heteroatoms. The highest BCUT2D eigenvalue weighted by Gasteiger charge is 2.34. The minimum Gasteiger partial charge on any atom is -0.444 e. The molecule has 0 saturated carbocycles. The molecule has 1 atom stereocenters. The van der Waals surface area contributed by atoms with Gasteiger partial charge in [-0.2, -0.15) is 0 Å². The van der Waals surface area contributed by atoms with Crippen LogP contribution < -0.4 is 5.32 Å². The van der Waals surface area contributed by atoms with E-state index in [1.54, 1.807) is 45.0 Å². The number of hydrogen-bond acceptors (Lipinski definition) is 11. The van der Waals surface area contributed by atoms with E-state index in [2.05, 4.69) is 30.5 Å². The SMILES string of the molecule is CC(OC(=O)ON1C(=O)CCC1=O)c1nnc(-c2ccc(CNC(=O)OC(C)(C)C)cc2)nn1. The lowest BCUT2D eigenvalue weighted by Crippen LogP contribution is -2.32. The van der Waals surface area contributed by atoms with Gasteiger partial charge in [-0.1, -0.05) is 29.3 Å². The molecule has 1 aromatic carbocycles. The molecular weight excluding hydrogens is 448 g/mol. The van der Waals surface area contributed by atoms with Crippen molar-refractivity contribution in [1.82, 2.24) is 30.8 Å². The molecule has 34 heavy (non-hydrogen) atoms. The van der Waals surface area contributed by atoms with Crippen molar-refractivity contribution in [1.29, 1.82) is 0 Å². The van der Waals surface area contributed by atoms with Crippen LogP contribution in [0.5, 0.6) is 0 Å². The standard InChI is InChI=1S/C21H24N6O7/c1-12(32-20(31)34-27-15(28)9-10-16(27)29)17-23-25-18(26-24-17)14-7-5-13(6-8-14)11-22-19(30)33-21(2,3)4/h5-8,12H,9-11H2,1-4H3,(H,22,30). The topological polar surface area (TPSA) is 163 Å². The Labute approximate surface area is 194 Å². The van der Waals surface area contributed by atoms with E-state index in [1.807, 2.05) is 0 Å². The van der Waals surface area contributed by atoms with Crippen LogP contribution in [-0.4, -0.2) is 55.1 Å². The van der Waals surface area contributed by atoms with Gasteiger partial charge in [0.15, 0.2) is 6.10 Å². The third-order valence-electron chi connectivity index (χ3n) is 4.35. The molecule has 1 saturated heterocycles. The summed E-state index contributed by atoms with van der Waals surface area (Å²) in [6, 6.07) is 7.05. The number of alkyl carbamates (subject to hydrolysis) is 1. The van der Waals surface area contributed by atoms with Gasteiger partial charge >= 0.3 is 12.2 Å². The number of carbonyl (C=O) groups excluding carboxylic acids is 4. The largest absolute Gasteiger partial charge is 0.534 e. The number of benzene rings is 1.